The van der Waals surface area contributed by atoms with E-state index in [2.05, 4.69) is 14.7 Å². The second-order valence-corrected chi connectivity index (χ2v) is 7.17. The first-order valence-corrected chi connectivity index (χ1v) is 9.40. The molecular weight excluding hydrogens is 423 g/mol. The number of carbonyl (C=O) groups excluding carboxylic acids is 1. The van der Waals surface area contributed by atoms with Gasteiger partial charge in [0.05, 0.1) is 6.54 Å². The van der Waals surface area contributed by atoms with E-state index in [9.17, 15) is 18.0 Å². The Labute approximate surface area is 174 Å². The zero-order valence-electron chi connectivity index (χ0n) is 15.4. The van der Waals surface area contributed by atoms with Gasteiger partial charge in [0.1, 0.15) is 11.9 Å². The van der Waals surface area contributed by atoms with Gasteiger partial charge in [0.25, 0.3) is 5.91 Å². The van der Waals surface area contributed by atoms with E-state index in [1.165, 1.54) is 0 Å². The van der Waals surface area contributed by atoms with Crippen molar-refractivity contribution in [1.29, 1.82) is 0 Å². The molecule has 0 N–H and O–H groups in total. The maximum absolute atomic E-state index is 12.6. The summed E-state index contributed by atoms with van der Waals surface area (Å²) in [5, 5.41) is 3.91. The molecule has 1 aromatic heterocycles. The first-order valence-electron chi connectivity index (χ1n) is 9.02. The van der Waals surface area contributed by atoms with Crippen LogP contribution in [0.1, 0.15) is 22.7 Å². The predicted octanol–water partition coefficient (Wildman–Crippen LogP) is 4.70. The van der Waals surface area contributed by atoms with Crippen LogP contribution in [0.3, 0.4) is 0 Å². The van der Waals surface area contributed by atoms with Crippen molar-refractivity contribution in [3.8, 4) is 17.1 Å². The van der Waals surface area contributed by atoms with E-state index < -0.39 is 12.1 Å². The molecule has 0 bridgehead atoms. The second-order valence-electron chi connectivity index (χ2n) is 6.73. The normalized spacial score (nSPS) is 16.7. The van der Waals surface area contributed by atoms with Crippen LogP contribution in [0.15, 0.2) is 53.1 Å². The van der Waals surface area contributed by atoms with Crippen LogP contribution in [0.4, 0.5) is 13.2 Å². The Kier molecular flexibility index (Phi) is 5.38. The van der Waals surface area contributed by atoms with E-state index in [0.29, 0.717) is 41.4 Å². The summed E-state index contributed by atoms with van der Waals surface area (Å²) in [4.78, 5) is 17.6. The van der Waals surface area contributed by atoms with Crippen molar-refractivity contribution >= 4 is 17.5 Å². The van der Waals surface area contributed by atoms with Gasteiger partial charge in [0, 0.05) is 29.1 Å². The molecule has 1 amide bonds. The van der Waals surface area contributed by atoms with Gasteiger partial charge in [-0.2, -0.15) is 18.2 Å². The highest BCUT2D eigenvalue weighted by molar-refractivity contribution is 6.30. The Bertz CT molecular complexity index is 1040. The van der Waals surface area contributed by atoms with Gasteiger partial charge in [-0.05, 0) is 48.5 Å². The standard InChI is InChI=1S/C20H15ClF3N3O3/c21-14-5-1-13(2-6-14)18(28)27-10-9-16(11-27)29-15-7-3-12(4-8-15)17-25-19(30-26-17)20(22,23)24/h1-8,16H,9-11H2/t16-/m0/s1. The van der Waals surface area contributed by atoms with Crippen molar-refractivity contribution < 1.29 is 27.2 Å². The van der Waals surface area contributed by atoms with Crippen LogP contribution in [0.2, 0.25) is 5.02 Å². The summed E-state index contributed by atoms with van der Waals surface area (Å²) in [6, 6.07) is 13.0. The van der Waals surface area contributed by atoms with Gasteiger partial charge in [-0.1, -0.05) is 16.8 Å². The highest BCUT2D eigenvalue weighted by Gasteiger charge is 2.38. The number of aromatic nitrogens is 2. The topological polar surface area (TPSA) is 68.5 Å². The summed E-state index contributed by atoms with van der Waals surface area (Å²) in [7, 11) is 0. The predicted molar refractivity (Wildman–Crippen MR) is 101 cm³/mol. The summed E-state index contributed by atoms with van der Waals surface area (Å²) < 4.78 is 47.9. The Morgan fingerprint density at radius 1 is 1.13 bits per heavy atom. The van der Waals surface area contributed by atoms with E-state index in [4.69, 9.17) is 16.3 Å². The van der Waals surface area contributed by atoms with Crippen molar-refractivity contribution in [2.75, 3.05) is 13.1 Å². The third-order valence-electron chi connectivity index (χ3n) is 4.61. The molecule has 0 saturated carbocycles. The molecule has 1 saturated heterocycles. The number of halogens is 4. The van der Waals surface area contributed by atoms with Crippen LogP contribution in [0.5, 0.6) is 5.75 Å². The number of alkyl halides is 3. The van der Waals surface area contributed by atoms with Crippen LogP contribution >= 0.6 is 11.6 Å². The van der Waals surface area contributed by atoms with Crippen LogP contribution in [-0.4, -0.2) is 40.1 Å². The van der Waals surface area contributed by atoms with Crippen molar-refractivity contribution in [2.45, 2.75) is 18.7 Å². The summed E-state index contributed by atoms with van der Waals surface area (Å²) >= 11 is 5.85. The number of amides is 1. The minimum absolute atomic E-state index is 0.0920. The Morgan fingerprint density at radius 2 is 1.83 bits per heavy atom. The second kappa shape index (κ2) is 7.98. The molecule has 1 aliphatic heterocycles. The minimum atomic E-state index is -4.69. The molecule has 2 aromatic carbocycles. The number of rotatable bonds is 4. The number of likely N-dealkylation sites (tertiary alicyclic amines) is 1. The lowest BCUT2D eigenvalue weighted by molar-refractivity contribution is -0.159. The van der Waals surface area contributed by atoms with Crippen molar-refractivity contribution in [2.24, 2.45) is 0 Å². The molecule has 1 fully saturated rings. The van der Waals surface area contributed by atoms with E-state index >= 15 is 0 Å². The number of ether oxygens (including phenoxy) is 1. The highest BCUT2D eigenvalue weighted by atomic mass is 35.5. The van der Waals surface area contributed by atoms with Gasteiger partial charge in [-0.15, -0.1) is 0 Å². The first kappa shape index (κ1) is 20.2. The fourth-order valence-electron chi connectivity index (χ4n) is 3.11. The molecular formula is C20H15ClF3N3O3. The lowest BCUT2D eigenvalue weighted by Crippen LogP contribution is -2.30. The van der Waals surface area contributed by atoms with Gasteiger partial charge in [-0.3, -0.25) is 4.79 Å². The highest BCUT2D eigenvalue weighted by Crippen LogP contribution is 2.30. The SMILES string of the molecule is O=C(c1ccc(Cl)cc1)N1CC[C@H](Oc2ccc(-c3noc(C(F)(F)F)n3)cc2)C1. The third-order valence-corrected chi connectivity index (χ3v) is 4.86. The van der Waals surface area contributed by atoms with E-state index in [-0.39, 0.29) is 17.8 Å². The minimum Gasteiger partial charge on any atom is -0.489 e. The van der Waals surface area contributed by atoms with E-state index in [1.54, 1.807) is 53.4 Å². The monoisotopic (exact) mass is 437 g/mol. The van der Waals surface area contributed by atoms with Gasteiger partial charge < -0.3 is 14.2 Å². The molecule has 0 spiro atoms. The smallest absolute Gasteiger partial charge is 0.471 e. The van der Waals surface area contributed by atoms with Crippen LogP contribution < -0.4 is 4.74 Å². The molecule has 30 heavy (non-hydrogen) atoms. The fraction of sp³-hybridized carbons (Fsp3) is 0.250. The fourth-order valence-corrected chi connectivity index (χ4v) is 3.24. The summed E-state index contributed by atoms with van der Waals surface area (Å²) in [5.41, 5.74) is 0.926. The van der Waals surface area contributed by atoms with Crippen LogP contribution in [-0.2, 0) is 6.18 Å². The molecule has 2 heterocycles. The zero-order valence-corrected chi connectivity index (χ0v) is 16.2. The zero-order chi connectivity index (χ0) is 21.3. The molecule has 3 aromatic rings. The van der Waals surface area contributed by atoms with Crippen molar-refractivity contribution in [3.63, 3.8) is 0 Å². The Morgan fingerprint density at radius 3 is 2.47 bits per heavy atom. The molecule has 0 radical (unpaired) electrons. The molecule has 4 rings (SSSR count). The third kappa shape index (κ3) is 4.40. The molecule has 10 heteroatoms. The molecule has 1 aliphatic rings. The maximum Gasteiger partial charge on any atom is 0.471 e. The van der Waals surface area contributed by atoms with E-state index in [0.717, 1.165) is 0 Å². The van der Waals surface area contributed by atoms with Gasteiger partial charge in [-0.25, -0.2) is 0 Å². The molecule has 0 unspecified atom stereocenters. The number of carbonyl (C=O) groups is 1. The number of hydrogen-bond acceptors (Lipinski definition) is 5. The summed E-state index contributed by atoms with van der Waals surface area (Å²) in [6.07, 6.45) is -4.21. The van der Waals surface area contributed by atoms with Crippen molar-refractivity contribution in [1.82, 2.24) is 15.0 Å². The average molecular weight is 438 g/mol. The van der Waals surface area contributed by atoms with E-state index in [1.807, 2.05) is 0 Å². The Hall–Kier alpha value is -3.07. The lowest BCUT2D eigenvalue weighted by Gasteiger charge is -2.17. The Balaban J connectivity index is 1.37. The van der Waals surface area contributed by atoms with Crippen LogP contribution in [0.25, 0.3) is 11.4 Å². The molecule has 6 nitrogen and oxygen atoms in total. The summed E-state index contributed by atoms with van der Waals surface area (Å²) in [6.45, 7) is 0.996. The quantitative estimate of drug-likeness (QED) is 0.591. The maximum atomic E-state index is 12.6. The summed E-state index contributed by atoms with van der Waals surface area (Å²) in [5.74, 6) is -1.11. The number of hydrogen-bond donors (Lipinski definition) is 0. The molecule has 1 atom stereocenters. The number of nitrogens with zero attached hydrogens (tertiary/aromatic N) is 3. The van der Waals surface area contributed by atoms with Crippen molar-refractivity contribution in [3.05, 3.63) is 65.0 Å². The lowest BCUT2D eigenvalue weighted by atomic mass is 10.2. The largest absolute Gasteiger partial charge is 0.489 e. The average Bonchev–Trinajstić information content (AvgIpc) is 3.38. The van der Waals surface area contributed by atoms with Gasteiger partial charge in [0.2, 0.25) is 5.82 Å². The van der Waals surface area contributed by atoms with Gasteiger partial charge in [0.15, 0.2) is 0 Å². The number of benzene rings is 2. The first-order chi connectivity index (χ1) is 14.3. The molecule has 0 aliphatic carbocycles. The van der Waals surface area contributed by atoms with Crippen LogP contribution in [0, 0.1) is 0 Å². The molecule has 156 valence electrons. The van der Waals surface area contributed by atoms with Gasteiger partial charge >= 0.3 is 12.1 Å².